The van der Waals surface area contributed by atoms with Gasteiger partial charge in [-0.05, 0) is 13.3 Å². The molecule has 0 aromatic rings. The van der Waals surface area contributed by atoms with E-state index in [0.29, 0.717) is 0 Å². The molecule has 0 unspecified atom stereocenters. The van der Waals surface area contributed by atoms with Crippen LogP contribution in [0.5, 0.6) is 0 Å². The van der Waals surface area contributed by atoms with Crippen molar-refractivity contribution in [3.8, 4) is 0 Å². The van der Waals surface area contributed by atoms with Gasteiger partial charge in [0.1, 0.15) is 0 Å². The van der Waals surface area contributed by atoms with E-state index in [9.17, 15) is 0 Å². The largest absolute Gasteiger partial charge is 0.299 e. The van der Waals surface area contributed by atoms with Gasteiger partial charge in [-0.15, -0.1) is 0 Å². The number of hydrogen-bond donors (Lipinski definition) is 0. The Labute approximate surface area is 76.9 Å². The molecule has 12 heavy (non-hydrogen) atoms. The topological polar surface area (TPSA) is 12.5 Å². The van der Waals surface area contributed by atoms with Gasteiger partial charge in [-0.2, -0.15) is 5.06 Å². The summed E-state index contributed by atoms with van der Waals surface area (Å²) in [5.41, 5.74) is 0. The van der Waals surface area contributed by atoms with E-state index in [-0.39, 0.29) is 0 Å². The standard InChI is InChI=1S/C10H23NO/c1-4-7-8-9-10-11(5-2)12-6-3/h4-10H2,1-3H3. The molecule has 0 saturated carbocycles. The number of hydroxylamine groups is 2. The molecule has 0 aromatic heterocycles. The Kier molecular flexibility index (Phi) is 8.95. The van der Waals surface area contributed by atoms with Crippen molar-refractivity contribution in [1.29, 1.82) is 0 Å². The highest BCUT2D eigenvalue weighted by Crippen LogP contribution is 2.01. The van der Waals surface area contributed by atoms with Gasteiger partial charge in [-0.1, -0.05) is 33.1 Å². The lowest BCUT2D eigenvalue weighted by molar-refractivity contribution is -0.151. The summed E-state index contributed by atoms with van der Waals surface area (Å²) in [6.45, 7) is 9.29. The monoisotopic (exact) mass is 173 g/mol. The smallest absolute Gasteiger partial charge is 0.0656 e. The minimum Gasteiger partial charge on any atom is -0.299 e. The van der Waals surface area contributed by atoms with E-state index in [1.54, 1.807) is 0 Å². The van der Waals surface area contributed by atoms with Gasteiger partial charge in [0.15, 0.2) is 0 Å². The summed E-state index contributed by atoms with van der Waals surface area (Å²) in [7, 11) is 0. The summed E-state index contributed by atoms with van der Waals surface area (Å²) in [4.78, 5) is 5.40. The SMILES string of the molecule is CCCCCCN(CC)OCC. The fraction of sp³-hybridized carbons (Fsp3) is 1.00. The Balaban J connectivity index is 3.19. The molecule has 0 bridgehead atoms. The summed E-state index contributed by atoms with van der Waals surface area (Å²) in [5.74, 6) is 0. The van der Waals surface area contributed by atoms with E-state index in [2.05, 4.69) is 18.9 Å². The lowest BCUT2D eigenvalue weighted by atomic mass is 10.2. The molecule has 2 nitrogen and oxygen atoms in total. The summed E-state index contributed by atoms with van der Waals surface area (Å²) >= 11 is 0. The highest BCUT2D eigenvalue weighted by Gasteiger charge is 1.99. The summed E-state index contributed by atoms with van der Waals surface area (Å²) in [5, 5.41) is 2.05. The van der Waals surface area contributed by atoms with E-state index in [1.165, 1.54) is 25.7 Å². The van der Waals surface area contributed by atoms with E-state index in [4.69, 9.17) is 4.84 Å². The predicted molar refractivity (Wildman–Crippen MR) is 53.0 cm³/mol. The van der Waals surface area contributed by atoms with Crippen molar-refractivity contribution in [2.75, 3.05) is 19.7 Å². The lowest BCUT2D eigenvalue weighted by Crippen LogP contribution is -2.24. The van der Waals surface area contributed by atoms with Gasteiger partial charge in [0.25, 0.3) is 0 Å². The Morgan fingerprint density at radius 2 is 1.75 bits per heavy atom. The Hall–Kier alpha value is -0.0800. The minimum absolute atomic E-state index is 0.793. The van der Waals surface area contributed by atoms with Crippen molar-refractivity contribution in [3.05, 3.63) is 0 Å². The third kappa shape index (κ3) is 6.62. The zero-order valence-corrected chi connectivity index (χ0v) is 8.81. The molecule has 0 spiro atoms. The van der Waals surface area contributed by atoms with Gasteiger partial charge in [-0.25, -0.2) is 0 Å². The van der Waals surface area contributed by atoms with Crippen LogP contribution in [0.4, 0.5) is 0 Å². The molecule has 0 aliphatic carbocycles. The molecule has 0 radical (unpaired) electrons. The Morgan fingerprint density at radius 3 is 2.25 bits per heavy atom. The highest BCUT2D eigenvalue weighted by atomic mass is 16.7. The van der Waals surface area contributed by atoms with Crippen molar-refractivity contribution in [2.24, 2.45) is 0 Å². The van der Waals surface area contributed by atoms with Gasteiger partial charge >= 0.3 is 0 Å². The van der Waals surface area contributed by atoms with Crippen LogP contribution in [-0.4, -0.2) is 24.8 Å². The second kappa shape index (κ2) is 9.01. The number of nitrogens with zero attached hydrogens (tertiary/aromatic N) is 1. The van der Waals surface area contributed by atoms with Crippen LogP contribution in [0.1, 0.15) is 46.5 Å². The molecule has 0 atom stereocenters. The first-order chi connectivity index (χ1) is 5.85. The first-order valence-electron chi connectivity index (χ1n) is 5.23. The average molecular weight is 173 g/mol. The quantitative estimate of drug-likeness (QED) is 0.413. The van der Waals surface area contributed by atoms with E-state index < -0.39 is 0 Å². The Bertz CT molecular complexity index is 85.9. The normalized spacial score (nSPS) is 11.0. The van der Waals surface area contributed by atoms with E-state index in [0.717, 1.165) is 19.7 Å². The lowest BCUT2D eigenvalue weighted by Gasteiger charge is -2.18. The Morgan fingerprint density at radius 1 is 1.00 bits per heavy atom. The van der Waals surface area contributed by atoms with Gasteiger partial charge in [0.05, 0.1) is 6.61 Å². The molecule has 0 aromatic carbocycles. The maximum absolute atomic E-state index is 5.40. The third-order valence-electron chi connectivity index (χ3n) is 1.93. The molecule has 0 heterocycles. The molecular weight excluding hydrogens is 150 g/mol. The van der Waals surface area contributed by atoms with Gasteiger partial charge in [0.2, 0.25) is 0 Å². The van der Waals surface area contributed by atoms with Crippen molar-refractivity contribution >= 4 is 0 Å². The predicted octanol–water partition coefficient (Wildman–Crippen LogP) is 2.84. The van der Waals surface area contributed by atoms with Gasteiger partial charge in [-0.3, -0.25) is 4.84 Å². The second-order valence-electron chi connectivity index (χ2n) is 3.00. The average Bonchev–Trinajstić information content (AvgIpc) is 2.10. The molecule has 0 saturated heterocycles. The summed E-state index contributed by atoms with van der Waals surface area (Å²) < 4.78 is 0. The maximum Gasteiger partial charge on any atom is 0.0656 e. The second-order valence-corrected chi connectivity index (χ2v) is 3.00. The molecule has 0 aliphatic rings. The van der Waals surface area contributed by atoms with Crippen molar-refractivity contribution in [2.45, 2.75) is 46.5 Å². The molecule has 0 fully saturated rings. The summed E-state index contributed by atoms with van der Waals surface area (Å²) in [6, 6.07) is 0. The number of rotatable bonds is 8. The summed E-state index contributed by atoms with van der Waals surface area (Å²) in [6.07, 6.45) is 5.26. The van der Waals surface area contributed by atoms with Crippen LogP contribution >= 0.6 is 0 Å². The van der Waals surface area contributed by atoms with E-state index >= 15 is 0 Å². The van der Waals surface area contributed by atoms with Crippen LogP contribution < -0.4 is 0 Å². The first-order valence-corrected chi connectivity index (χ1v) is 5.23. The van der Waals surface area contributed by atoms with Crippen LogP contribution in [0.2, 0.25) is 0 Å². The van der Waals surface area contributed by atoms with Crippen LogP contribution in [0.25, 0.3) is 0 Å². The van der Waals surface area contributed by atoms with Crippen molar-refractivity contribution in [3.63, 3.8) is 0 Å². The first kappa shape index (κ1) is 11.9. The number of hydrogen-bond acceptors (Lipinski definition) is 2. The minimum atomic E-state index is 0.793. The zero-order chi connectivity index (χ0) is 9.23. The van der Waals surface area contributed by atoms with Gasteiger partial charge < -0.3 is 0 Å². The van der Waals surface area contributed by atoms with Crippen LogP contribution in [0.15, 0.2) is 0 Å². The van der Waals surface area contributed by atoms with Gasteiger partial charge in [0, 0.05) is 13.1 Å². The van der Waals surface area contributed by atoms with Crippen molar-refractivity contribution < 1.29 is 4.84 Å². The maximum atomic E-state index is 5.40. The molecular formula is C10H23NO. The molecule has 0 aliphatic heterocycles. The molecule has 0 amide bonds. The molecule has 74 valence electrons. The zero-order valence-electron chi connectivity index (χ0n) is 8.81. The van der Waals surface area contributed by atoms with Crippen LogP contribution in [0.3, 0.4) is 0 Å². The number of unbranched alkanes of at least 4 members (excludes halogenated alkanes) is 3. The third-order valence-corrected chi connectivity index (χ3v) is 1.93. The van der Waals surface area contributed by atoms with Crippen molar-refractivity contribution in [1.82, 2.24) is 5.06 Å². The fourth-order valence-corrected chi connectivity index (χ4v) is 1.21. The van der Waals surface area contributed by atoms with Crippen LogP contribution in [0, 0.1) is 0 Å². The van der Waals surface area contributed by atoms with Crippen LogP contribution in [-0.2, 0) is 4.84 Å². The fourth-order valence-electron chi connectivity index (χ4n) is 1.21. The molecule has 0 N–H and O–H groups in total. The van der Waals surface area contributed by atoms with E-state index in [1.807, 2.05) is 6.92 Å². The molecule has 0 rings (SSSR count). The highest BCUT2D eigenvalue weighted by molar-refractivity contribution is 4.45. The molecule has 2 heteroatoms.